The predicted octanol–water partition coefficient (Wildman–Crippen LogP) is 11.2. The van der Waals surface area contributed by atoms with Gasteiger partial charge in [0, 0.05) is 86.6 Å². The first-order chi connectivity index (χ1) is 32.2. The number of ketones is 1. The average molecular weight is 1080 g/mol. The van der Waals surface area contributed by atoms with Crippen LogP contribution < -0.4 is 37.5 Å². The number of benzene rings is 8. The molecule has 1 aliphatic carbocycles. The van der Waals surface area contributed by atoms with E-state index in [9.17, 15) is 37.0 Å². The summed E-state index contributed by atoms with van der Waals surface area (Å²) >= 11 is 0. The summed E-state index contributed by atoms with van der Waals surface area (Å²) in [5, 5.41) is 15.4. The van der Waals surface area contributed by atoms with Gasteiger partial charge in [0.2, 0.25) is 0 Å². The maximum Gasteiger partial charge on any atom is 0.455 e. The molecular formula is C56H43EuF3O6P2. The second kappa shape index (κ2) is 20.9. The Morgan fingerprint density at radius 3 is 1.16 bits per heavy atom. The van der Waals surface area contributed by atoms with Gasteiger partial charge in [-0.15, -0.1) is 0 Å². The number of carbonyl (C=O) groups excluding carboxylic acids is 1. The smallest absolute Gasteiger partial charge is 0.455 e. The summed E-state index contributed by atoms with van der Waals surface area (Å²) in [5.74, 6) is -3.45. The minimum absolute atomic E-state index is 0. The molecule has 9 aromatic rings. The van der Waals surface area contributed by atoms with Gasteiger partial charge in [-0.25, -0.2) is 4.79 Å². The maximum absolute atomic E-state index is 13.8. The Labute approximate surface area is 432 Å². The zero-order valence-corrected chi connectivity index (χ0v) is 40.9. The van der Waals surface area contributed by atoms with Crippen LogP contribution in [-0.4, -0.2) is 17.1 Å². The summed E-state index contributed by atoms with van der Waals surface area (Å²) in [4.78, 5) is 23.5. The Bertz CT molecular complexity index is 3010. The Morgan fingerprint density at radius 1 is 0.500 bits per heavy atom. The molecule has 1 radical (unpaired) electrons. The molecular weight excluding hydrogens is 1040 g/mol. The third kappa shape index (κ3) is 9.76. The van der Waals surface area contributed by atoms with Crippen molar-refractivity contribution in [2.75, 3.05) is 0 Å². The van der Waals surface area contributed by atoms with E-state index in [1.807, 2.05) is 220 Å². The van der Waals surface area contributed by atoms with E-state index in [4.69, 9.17) is 4.42 Å². The minimum Gasteiger partial charge on any atom is -0.506 e. The van der Waals surface area contributed by atoms with Crippen molar-refractivity contribution in [3.63, 3.8) is 0 Å². The van der Waals surface area contributed by atoms with Crippen molar-refractivity contribution in [2.45, 2.75) is 25.4 Å². The van der Waals surface area contributed by atoms with Crippen molar-refractivity contribution in [2.24, 2.45) is 0 Å². The minimum atomic E-state index is -5.30. The molecule has 12 heteroatoms. The van der Waals surface area contributed by atoms with Crippen LogP contribution >= 0.6 is 14.3 Å². The van der Waals surface area contributed by atoms with Gasteiger partial charge in [-0.2, -0.15) is 13.2 Å². The van der Waals surface area contributed by atoms with Crippen LogP contribution in [0.2, 0.25) is 0 Å². The van der Waals surface area contributed by atoms with E-state index in [0.29, 0.717) is 5.56 Å². The number of rotatable bonds is 7. The molecule has 0 saturated carbocycles. The van der Waals surface area contributed by atoms with Gasteiger partial charge in [-0.1, -0.05) is 220 Å². The summed E-state index contributed by atoms with van der Waals surface area (Å²) in [5.41, 5.74) is -0.0231. The molecule has 0 bridgehead atoms. The Balaban J connectivity index is 0.000000152. The quantitative estimate of drug-likeness (QED) is 0.0969. The van der Waals surface area contributed by atoms with Crippen LogP contribution in [0.15, 0.2) is 228 Å². The number of carbonyl (C=O) groups is 1. The molecule has 0 atom stereocenters. The number of alkyl halides is 3. The van der Waals surface area contributed by atoms with Crippen LogP contribution in [0, 0.1) is 49.4 Å². The molecule has 1 aromatic heterocycles. The number of fused-ring (bicyclic) bond motifs is 4. The molecule has 0 amide bonds. The van der Waals surface area contributed by atoms with Crippen molar-refractivity contribution >= 4 is 62.9 Å². The van der Waals surface area contributed by atoms with Crippen molar-refractivity contribution in [1.29, 1.82) is 0 Å². The Kier molecular flexibility index (Phi) is 15.4. The molecule has 10 rings (SSSR count). The molecule has 0 fully saturated rings. The van der Waals surface area contributed by atoms with Crippen molar-refractivity contribution < 1.29 is 86.0 Å². The monoisotopic (exact) mass is 1080 g/mol. The maximum atomic E-state index is 13.8. The normalized spacial score (nSPS) is 12.5. The van der Waals surface area contributed by atoms with E-state index in [2.05, 4.69) is 0 Å². The van der Waals surface area contributed by atoms with Crippen molar-refractivity contribution in [3.05, 3.63) is 245 Å². The second-order valence-corrected chi connectivity index (χ2v) is 21.8. The molecule has 0 unspecified atom stereocenters. The van der Waals surface area contributed by atoms with Gasteiger partial charge >= 0.3 is 11.8 Å². The summed E-state index contributed by atoms with van der Waals surface area (Å²) in [6, 6.07) is 68.8. The van der Waals surface area contributed by atoms with Gasteiger partial charge in [0.15, 0.2) is 19.8 Å². The van der Waals surface area contributed by atoms with Gasteiger partial charge in [-0.05, 0) is 34.4 Å². The van der Waals surface area contributed by atoms with E-state index in [0.717, 1.165) is 48.5 Å². The Morgan fingerprint density at radius 2 is 0.824 bits per heavy atom. The van der Waals surface area contributed by atoms with E-state index < -0.39 is 48.6 Å². The average Bonchev–Trinajstić information content (AvgIpc) is 3.59. The summed E-state index contributed by atoms with van der Waals surface area (Å²) < 4.78 is 70.9. The van der Waals surface area contributed by atoms with Gasteiger partial charge in [0.25, 0.3) is 5.78 Å². The first kappa shape index (κ1) is 50.2. The first-order valence-corrected chi connectivity index (χ1v) is 24.7. The zero-order chi connectivity index (χ0) is 47.4. The van der Waals surface area contributed by atoms with E-state index in [1.165, 1.54) is 12.1 Å². The van der Waals surface area contributed by atoms with Crippen LogP contribution in [0.5, 0.6) is 5.75 Å². The SMILES string of the molecule is CC1(C)c2ccccc2-c2cc3c(O)c(C(=O)C(F)(F)F)c(=O)oc3cc21.O=P(c1ccccc1)(c1ccccc1)c1ccccc1.O=P(c1ccccc1)(c1ccccc1)c1ccccc1.[Eu]. The van der Waals surface area contributed by atoms with Crippen LogP contribution in [-0.2, 0) is 14.5 Å². The van der Waals surface area contributed by atoms with Crippen LogP contribution in [0.3, 0.4) is 0 Å². The summed E-state index contributed by atoms with van der Waals surface area (Å²) in [6.07, 6.45) is -5.30. The van der Waals surface area contributed by atoms with Crippen LogP contribution in [0.1, 0.15) is 35.3 Å². The zero-order valence-electron chi connectivity index (χ0n) is 36.7. The first-order valence-electron chi connectivity index (χ1n) is 21.3. The molecule has 0 aliphatic heterocycles. The molecule has 1 aliphatic rings. The van der Waals surface area contributed by atoms with Crippen molar-refractivity contribution in [3.8, 4) is 16.9 Å². The predicted molar refractivity (Wildman–Crippen MR) is 264 cm³/mol. The number of hydrogen-bond donors (Lipinski definition) is 1. The standard InChI is InChI=1S/C20H13F3O4.2C18H15OP.Eu/c1-19(2)12-6-4-3-5-9(12)10-7-11-14(8-13(10)19)27-18(26)15(16(11)24)17(25)20(21,22)23;2*19-20(16-10-4-1-5-11-16,17-12-6-2-7-13-17)18-14-8-3-9-15-18;/h3-8,24H,1-2H3;2*1-15H;. The molecule has 1 N–H and O–H groups in total. The number of hydrogen-bond acceptors (Lipinski definition) is 6. The fourth-order valence-electron chi connectivity index (χ4n) is 8.44. The topological polar surface area (TPSA) is 102 Å². The molecule has 0 saturated heterocycles. The number of aromatic hydroxyl groups is 1. The van der Waals surface area contributed by atoms with E-state index in [1.54, 1.807) is 0 Å². The van der Waals surface area contributed by atoms with Gasteiger partial charge < -0.3 is 18.7 Å². The van der Waals surface area contributed by atoms with Crippen molar-refractivity contribution in [1.82, 2.24) is 0 Å². The van der Waals surface area contributed by atoms with E-state index >= 15 is 0 Å². The number of halogens is 3. The summed E-state index contributed by atoms with van der Waals surface area (Å²) in [7, 11) is -5.55. The van der Waals surface area contributed by atoms with Gasteiger partial charge in [-0.3, -0.25) is 4.79 Å². The fourth-order valence-corrected chi connectivity index (χ4v) is 13.8. The second-order valence-electron chi connectivity index (χ2n) is 16.2. The molecule has 6 nitrogen and oxygen atoms in total. The molecule has 68 heavy (non-hydrogen) atoms. The fraction of sp³-hybridized carbons (Fsp3) is 0.0714. The van der Waals surface area contributed by atoms with Gasteiger partial charge in [0.1, 0.15) is 11.3 Å². The number of Topliss-reactive ketones (excluding diaryl/α,β-unsaturated/α-hetero) is 1. The van der Waals surface area contributed by atoms with Gasteiger partial charge in [0.05, 0.1) is 5.39 Å². The third-order valence-electron chi connectivity index (χ3n) is 11.8. The molecule has 0 spiro atoms. The summed E-state index contributed by atoms with van der Waals surface area (Å²) in [6.45, 7) is 3.95. The Hall–Kier alpha value is -5.73. The molecule has 8 aromatic carbocycles. The van der Waals surface area contributed by atoms with E-state index in [-0.39, 0.29) is 60.3 Å². The molecule has 341 valence electrons. The van der Waals surface area contributed by atoms with Crippen LogP contribution in [0.25, 0.3) is 22.1 Å². The largest absolute Gasteiger partial charge is 0.506 e. The third-order valence-corrected chi connectivity index (χ3v) is 17.9. The van der Waals surface area contributed by atoms with Crippen LogP contribution in [0.4, 0.5) is 13.2 Å². The molecule has 1 heterocycles.